The largest absolute Gasteiger partial charge is 0.459 e. The van der Waals surface area contributed by atoms with Gasteiger partial charge in [0.15, 0.2) is 10.9 Å². The number of nitrogens with one attached hydrogen (secondary N) is 1. The first kappa shape index (κ1) is 17.9. The quantitative estimate of drug-likeness (QED) is 0.719. The van der Waals surface area contributed by atoms with E-state index in [1.807, 2.05) is 17.5 Å². The van der Waals surface area contributed by atoms with Crippen LogP contribution in [0.25, 0.3) is 11.3 Å². The van der Waals surface area contributed by atoms with E-state index in [9.17, 15) is 9.59 Å². The molecule has 0 aliphatic rings. The number of hydrogen-bond donors (Lipinski definition) is 1. The van der Waals surface area contributed by atoms with Crippen LogP contribution in [0.15, 0.2) is 52.5 Å². The molecule has 6 nitrogen and oxygen atoms in total. The fourth-order valence-corrected chi connectivity index (χ4v) is 3.15. The molecule has 0 spiro atoms. The van der Waals surface area contributed by atoms with Crippen LogP contribution < -0.4 is 5.32 Å². The van der Waals surface area contributed by atoms with Crippen molar-refractivity contribution in [3.63, 3.8) is 0 Å². The Morgan fingerprint density at radius 3 is 2.65 bits per heavy atom. The summed E-state index contributed by atoms with van der Waals surface area (Å²) in [5.74, 6) is -0.456. The van der Waals surface area contributed by atoms with E-state index in [-0.39, 0.29) is 24.1 Å². The Balaban J connectivity index is 1.59. The van der Waals surface area contributed by atoms with E-state index in [1.165, 1.54) is 28.1 Å². The zero-order valence-electron chi connectivity index (χ0n) is 14.6. The van der Waals surface area contributed by atoms with Crippen molar-refractivity contribution in [1.29, 1.82) is 0 Å². The van der Waals surface area contributed by atoms with Gasteiger partial charge in [0, 0.05) is 18.0 Å². The van der Waals surface area contributed by atoms with Crippen molar-refractivity contribution in [3.8, 4) is 11.3 Å². The van der Waals surface area contributed by atoms with Gasteiger partial charge < -0.3 is 14.6 Å². The lowest BCUT2D eigenvalue weighted by Crippen LogP contribution is -2.34. The number of benzene rings is 1. The van der Waals surface area contributed by atoms with E-state index >= 15 is 0 Å². The van der Waals surface area contributed by atoms with Crippen molar-refractivity contribution in [1.82, 2.24) is 9.88 Å². The summed E-state index contributed by atoms with van der Waals surface area (Å²) < 4.78 is 5.05. The second-order valence-corrected chi connectivity index (χ2v) is 6.63. The average molecular weight is 369 g/mol. The van der Waals surface area contributed by atoms with Crippen molar-refractivity contribution < 1.29 is 14.0 Å². The van der Waals surface area contributed by atoms with Gasteiger partial charge in [0.1, 0.15) is 6.54 Å². The molecule has 0 saturated heterocycles. The predicted molar refractivity (Wildman–Crippen MR) is 101 cm³/mol. The van der Waals surface area contributed by atoms with Gasteiger partial charge >= 0.3 is 0 Å². The van der Waals surface area contributed by atoms with Gasteiger partial charge in [-0.15, -0.1) is 11.3 Å². The summed E-state index contributed by atoms with van der Waals surface area (Å²) in [5.41, 5.74) is 3.08. The topological polar surface area (TPSA) is 75.4 Å². The third kappa shape index (κ3) is 4.18. The van der Waals surface area contributed by atoms with Crippen molar-refractivity contribution >= 4 is 28.3 Å². The smallest absolute Gasteiger partial charge is 0.289 e. The van der Waals surface area contributed by atoms with Crippen LogP contribution in [0.5, 0.6) is 0 Å². The van der Waals surface area contributed by atoms with Crippen LogP contribution in [0.4, 0.5) is 5.13 Å². The molecule has 134 valence electrons. The maximum Gasteiger partial charge on any atom is 0.289 e. The lowest BCUT2D eigenvalue weighted by Gasteiger charge is -2.14. The highest BCUT2D eigenvalue weighted by molar-refractivity contribution is 7.14. The number of aromatic nitrogens is 1. The minimum absolute atomic E-state index is 0.0837. The van der Waals surface area contributed by atoms with Crippen LogP contribution in [0, 0.1) is 0 Å². The highest BCUT2D eigenvalue weighted by Gasteiger charge is 2.18. The van der Waals surface area contributed by atoms with Crippen LogP contribution in [0.3, 0.4) is 0 Å². The molecule has 2 aromatic heterocycles. The lowest BCUT2D eigenvalue weighted by molar-refractivity contribution is -0.116. The monoisotopic (exact) mass is 369 g/mol. The molecule has 0 bridgehead atoms. The molecule has 0 radical (unpaired) electrons. The van der Waals surface area contributed by atoms with E-state index in [2.05, 4.69) is 29.4 Å². The molecule has 26 heavy (non-hydrogen) atoms. The summed E-state index contributed by atoms with van der Waals surface area (Å²) in [4.78, 5) is 30.0. The molecule has 0 aliphatic heterocycles. The highest BCUT2D eigenvalue weighted by atomic mass is 32.1. The molecule has 1 aromatic carbocycles. The van der Waals surface area contributed by atoms with Crippen LogP contribution in [-0.2, 0) is 11.2 Å². The summed E-state index contributed by atoms with van der Waals surface area (Å²) >= 11 is 1.35. The summed E-state index contributed by atoms with van der Waals surface area (Å²) in [5, 5.41) is 5.13. The Hall–Kier alpha value is -2.93. The number of amides is 2. The SMILES string of the molecule is CCc1ccc(-c2csc(NC(=O)CN(C)C(=O)c3ccco3)n2)cc1. The van der Waals surface area contributed by atoms with E-state index in [4.69, 9.17) is 4.42 Å². The summed E-state index contributed by atoms with van der Waals surface area (Å²) in [6.45, 7) is 2.03. The Labute approximate surface area is 155 Å². The number of thiazole rings is 1. The van der Waals surface area contributed by atoms with E-state index in [0.29, 0.717) is 5.13 Å². The molecule has 3 aromatic rings. The maximum atomic E-state index is 12.2. The number of anilines is 1. The van der Waals surface area contributed by atoms with Gasteiger partial charge in [-0.1, -0.05) is 31.2 Å². The summed E-state index contributed by atoms with van der Waals surface area (Å²) in [6.07, 6.45) is 2.41. The Morgan fingerprint density at radius 2 is 2.00 bits per heavy atom. The number of likely N-dealkylation sites (N-methyl/N-ethyl adjacent to an activating group) is 1. The third-order valence-corrected chi connectivity index (χ3v) is 4.63. The van der Waals surface area contributed by atoms with Crippen molar-refractivity contribution in [2.24, 2.45) is 0 Å². The van der Waals surface area contributed by atoms with E-state index in [0.717, 1.165) is 17.7 Å². The Morgan fingerprint density at radius 1 is 1.23 bits per heavy atom. The van der Waals surface area contributed by atoms with E-state index < -0.39 is 0 Å². The van der Waals surface area contributed by atoms with Crippen LogP contribution in [-0.4, -0.2) is 35.3 Å². The first-order valence-corrected chi connectivity index (χ1v) is 9.08. The molecule has 0 unspecified atom stereocenters. The van der Waals surface area contributed by atoms with Gasteiger partial charge in [-0.05, 0) is 24.1 Å². The highest BCUT2D eigenvalue weighted by Crippen LogP contribution is 2.25. The average Bonchev–Trinajstić information content (AvgIpc) is 3.33. The minimum atomic E-state index is -0.346. The first-order valence-electron chi connectivity index (χ1n) is 8.20. The molecule has 2 amide bonds. The molecule has 0 saturated carbocycles. The van der Waals surface area contributed by atoms with Gasteiger partial charge in [0.25, 0.3) is 5.91 Å². The number of aryl methyl sites for hydroxylation is 1. The van der Waals surface area contributed by atoms with Gasteiger partial charge in [-0.2, -0.15) is 0 Å². The fraction of sp³-hybridized carbons (Fsp3) is 0.211. The minimum Gasteiger partial charge on any atom is -0.459 e. The normalized spacial score (nSPS) is 10.5. The Kier molecular flexibility index (Phi) is 5.48. The van der Waals surface area contributed by atoms with Gasteiger partial charge in [0.2, 0.25) is 5.91 Å². The summed E-state index contributed by atoms with van der Waals surface area (Å²) in [6, 6.07) is 11.4. The van der Waals surface area contributed by atoms with Crippen LogP contribution in [0.1, 0.15) is 23.0 Å². The molecule has 1 N–H and O–H groups in total. The fourth-order valence-electron chi connectivity index (χ4n) is 2.41. The number of hydrogen-bond acceptors (Lipinski definition) is 5. The van der Waals surface area contributed by atoms with E-state index in [1.54, 1.807) is 19.2 Å². The molecule has 2 heterocycles. The Bertz CT molecular complexity index is 885. The predicted octanol–water partition coefficient (Wildman–Crippen LogP) is 3.68. The number of carbonyl (C=O) groups excluding carboxylic acids is 2. The maximum absolute atomic E-state index is 12.2. The van der Waals surface area contributed by atoms with Crippen molar-refractivity contribution in [2.75, 3.05) is 18.9 Å². The second kappa shape index (κ2) is 7.97. The third-order valence-electron chi connectivity index (χ3n) is 3.87. The molecule has 0 atom stereocenters. The van der Waals surface area contributed by atoms with Gasteiger partial charge in [-0.3, -0.25) is 9.59 Å². The molecule has 3 rings (SSSR count). The van der Waals surface area contributed by atoms with Gasteiger partial charge in [0.05, 0.1) is 12.0 Å². The standard InChI is InChI=1S/C19H19N3O3S/c1-3-13-6-8-14(9-7-13)15-12-26-19(20-15)21-17(23)11-22(2)18(24)16-5-4-10-25-16/h4-10,12H,3,11H2,1-2H3,(H,20,21,23). The molecular weight excluding hydrogens is 350 g/mol. The van der Waals surface area contributed by atoms with Crippen molar-refractivity contribution in [2.45, 2.75) is 13.3 Å². The lowest BCUT2D eigenvalue weighted by atomic mass is 10.1. The summed E-state index contributed by atoms with van der Waals surface area (Å²) in [7, 11) is 1.55. The molecule has 0 aliphatic carbocycles. The van der Waals surface area contributed by atoms with Crippen LogP contribution in [0.2, 0.25) is 0 Å². The first-order chi connectivity index (χ1) is 12.6. The van der Waals surface area contributed by atoms with Crippen LogP contribution >= 0.6 is 11.3 Å². The number of nitrogens with zero attached hydrogens (tertiary/aromatic N) is 2. The van der Waals surface area contributed by atoms with Gasteiger partial charge in [-0.25, -0.2) is 4.98 Å². The number of carbonyl (C=O) groups is 2. The number of furan rings is 1. The molecule has 0 fully saturated rings. The molecule has 7 heteroatoms. The second-order valence-electron chi connectivity index (χ2n) is 5.78. The molecular formula is C19H19N3O3S. The zero-order chi connectivity index (χ0) is 18.5. The zero-order valence-corrected chi connectivity index (χ0v) is 15.4. The van der Waals surface area contributed by atoms with Crippen molar-refractivity contribution in [3.05, 3.63) is 59.4 Å². The number of rotatable bonds is 6.